The number of methoxy groups -OCH3 is 6. The third-order valence-electron chi connectivity index (χ3n) is 9.78. The van der Waals surface area contributed by atoms with Crippen molar-refractivity contribution >= 4 is 11.6 Å². The van der Waals surface area contributed by atoms with Crippen LogP contribution in [-0.4, -0.2) is 66.9 Å². The fraction of sp³-hybridized carbons (Fsp3) is 0.364. The summed E-state index contributed by atoms with van der Waals surface area (Å²) in [5.41, 5.74) is 4.38. The second-order valence-electron chi connectivity index (χ2n) is 13.4. The fourth-order valence-electron chi connectivity index (χ4n) is 6.74. The zero-order valence-electron chi connectivity index (χ0n) is 33.4. The van der Waals surface area contributed by atoms with E-state index < -0.39 is 0 Å². The van der Waals surface area contributed by atoms with E-state index in [1.807, 2.05) is 54.6 Å². The second kappa shape index (κ2) is 19.6. The average molecular weight is 782 g/mol. The molecule has 2 heterocycles. The Labute approximate surface area is 333 Å². The molecule has 0 saturated heterocycles. The van der Waals surface area contributed by atoms with Crippen LogP contribution in [0.3, 0.4) is 0 Å². The number of carbonyl (C=O) groups is 1. The van der Waals surface area contributed by atoms with Crippen molar-refractivity contribution in [1.82, 2.24) is 10.5 Å². The van der Waals surface area contributed by atoms with Gasteiger partial charge < -0.3 is 53.1 Å². The number of aromatic nitrogens is 1. The minimum absolute atomic E-state index is 0.110. The molecule has 57 heavy (non-hydrogen) atoms. The van der Waals surface area contributed by atoms with E-state index in [0.29, 0.717) is 81.8 Å². The molecule has 4 aromatic carbocycles. The summed E-state index contributed by atoms with van der Waals surface area (Å²) >= 11 is 0. The summed E-state index contributed by atoms with van der Waals surface area (Å²) in [7, 11) is 9.51. The van der Waals surface area contributed by atoms with Crippen molar-refractivity contribution < 1.29 is 47.2 Å². The number of nitrogens with zero attached hydrogens (tertiary/aromatic N) is 1. The van der Waals surface area contributed by atoms with Crippen molar-refractivity contribution in [1.29, 1.82) is 0 Å². The van der Waals surface area contributed by atoms with Gasteiger partial charge in [-0.3, -0.25) is 4.79 Å². The van der Waals surface area contributed by atoms with Crippen LogP contribution in [0.5, 0.6) is 46.0 Å². The van der Waals surface area contributed by atoms with E-state index in [1.165, 1.54) is 0 Å². The number of ether oxygens (including phenoxy) is 8. The van der Waals surface area contributed by atoms with Gasteiger partial charge in [-0.05, 0) is 66.9 Å². The molecule has 0 fully saturated rings. The molecule has 1 amide bonds. The predicted octanol–water partition coefficient (Wildman–Crippen LogP) is 9.10. The van der Waals surface area contributed by atoms with Crippen molar-refractivity contribution in [3.8, 4) is 68.6 Å². The number of amides is 1. The standard InChI is InChI=1S/C44H51N3O10/c1-49-36-22-28(43-45-32-17-13-12-16-31(32)44(48)46-43)18-19-34(36)55-20-14-10-8-7-9-11-15-21-56-42-39(52-4)23-29(24-40(42)53-5)33-27-35(57-47-33)30-25-37(50-2)41(54-6)38(26-30)51-3/h12-13,16-19,22-27,43,45H,7-11,14-15,20-21H2,1-6H3,(H,46,48). The SMILES string of the molecule is COc1cc(C2NC(=O)c3ccccc3N2)ccc1OCCCCCCCCCOc1c(OC)cc(-c2cc(-c3cc(OC)c(OC)c(OC)c3)on2)cc1OC. The fourth-order valence-corrected chi connectivity index (χ4v) is 6.74. The summed E-state index contributed by atoms with van der Waals surface area (Å²) in [5, 5.41) is 10.7. The molecule has 2 N–H and O–H groups in total. The van der Waals surface area contributed by atoms with Crippen LogP contribution in [0, 0.1) is 0 Å². The van der Waals surface area contributed by atoms with Gasteiger partial charge in [0.15, 0.2) is 40.3 Å². The van der Waals surface area contributed by atoms with Crippen LogP contribution in [0.25, 0.3) is 22.6 Å². The molecule has 0 saturated carbocycles. The quantitative estimate of drug-likeness (QED) is 0.0686. The monoisotopic (exact) mass is 781 g/mol. The van der Waals surface area contributed by atoms with Crippen LogP contribution in [0.1, 0.15) is 67.0 Å². The summed E-state index contributed by atoms with van der Waals surface area (Å²) in [4.78, 5) is 12.6. The van der Waals surface area contributed by atoms with E-state index in [2.05, 4.69) is 15.8 Å². The first kappa shape index (κ1) is 40.4. The summed E-state index contributed by atoms with van der Waals surface area (Å²) in [6.45, 7) is 1.13. The van der Waals surface area contributed by atoms with Crippen LogP contribution in [-0.2, 0) is 0 Å². The minimum Gasteiger partial charge on any atom is -0.493 e. The van der Waals surface area contributed by atoms with Crippen molar-refractivity contribution in [2.45, 2.75) is 51.1 Å². The molecule has 6 rings (SSSR count). The predicted molar refractivity (Wildman–Crippen MR) is 217 cm³/mol. The van der Waals surface area contributed by atoms with Gasteiger partial charge in [0.2, 0.25) is 11.5 Å². The van der Waals surface area contributed by atoms with Crippen molar-refractivity contribution in [3.63, 3.8) is 0 Å². The third-order valence-corrected chi connectivity index (χ3v) is 9.78. The second-order valence-corrected chi connectivity index (χ2v) is 13.4. The molecule has 13 heteroatoms. The number of unbranched alkanes of at least 4 members (excludes halogenated alkanes) is 6. The zero-order chi connectivity index (χ0) is 40.1. The molecule has 0 aliphatic carbocycles. The maximum absolute atomic E-state index is 12.6. The smallest absolute Gasteiger partial charge is 0.255 e. The summed E-state index contributed by atoms with van der Waals surface area (Å²) in [6.07, 6.45) is 6.99. The lowest BCUT2D eigenvalue weighted by Crippen LogP contribution is -2.38. The Bertz CT molecular complexity index is 2070. The molecular formula is C44H51N3O10. The highest BCUT2D eigenvalue weighted by Crippen LogP contribution is 2.44. The molecule has 1 aliphatic heterocycles. The van der Waals surface area contributed by atoms with E-state index >= 15 is 0 Å². The molecule has 1 unspecified atom stereocenters. The highest BCUT2D eigenvalue weighted by atomic mass is 16.5. The molecule has 1 aliphatic rings. The molecule has 0 spiro atoms. The highest BCUT2D eigenvalue weighted by Gasteiger charge is 2.25. The Kier molecular flexibility index (Phi) is 13.9. The Morgan fingerprint density at radius 1 is 0.561 bits per heavy atom. The van der Waals surface area contributed by atoms with Gasteiger partial charge in [0, 0.05) is 22.9 Å². The first-order valence-corrected chi connectivity index (χ1v) is 19.0. The van der Waals surface area contributed by atoms with Gasteiger partial charge in [0.1, 0.15) is 11.9 Å². The van der Waals surface area contributed by atoms with Crippen LogP contribution in [0.4, 0.5) is 5.69 Å². The molecule has 1 aromatic heterocycles. The third kappa shape index (κ3) is 9.60. The normalized spacial score (nSPS) is 13.2. The van der Waals surface area contributed by atoms with E-state index in [0.717, 1.165) is 61.8 Å². The molecule has 0 radical (unpaired) electrons. The van der Waals surface area contributed by atoms with Gasteiger partial charge in [-0.25, -0.2) is 0 Å². The van der Waals surface area contributed by atoms with Crippen molar-refractivity contribution in [2.24, 2.45) is 0 Å². The summed E-state index contributed by atoms with van der Waals surface area (Å²) in [6, 6.07) is 22.4. The van der Waals surface area contributed by atoms with Gasteiger partial charge in [0.25, 0.3) is 5.91 Å². The van der Waals surface area contributed by atoms with Crippen LogP contribution >= 0.6 is 0 Å². The van der Waals surface area contributed by atoms with Crippen molar-refractivity contribution in [3.05, 3.63) is 83.9 Å². The van der Waals surface area contributed by atoms with E-state index in [1.54, 1.807) is 60.9 Å². The topological polar surface area (TPSA) is 141 Å². The number of hydrogen-bond acceptors (Lipinski definition) is 12. The first-order chi connectivity index (χ1) is 27.9. The number of nitrogens with one attached hydrogen (secondary N) is 2. The lowest BCUT2D eigenvalue weighted by molar-refractivity contribution is 0.0935. The van der Waals surface area contributed by atoms with Crippen LogP contribution < -0.4 is 48.5 Å². The maximum Gasteiger partial charge on any atom is 0.255 e. The molecule has 5 aromatic rings. The molecule has 0 bridgehead atoms. The number of fused-ring (bicyclic) bond motifs is 1. The molecule has 1 atom stereocenters. The number of carbonyl (C=O) groups excluding carboxylic acids is 1. The van der Waals surface area contributed by atoms with Crippen LogP contribution in [0.15, 0.2) is 77.3 Å². The largest absolute Gasteiger partial charge is 0.493 e. The number of rotatable bonds is 21. The number of para-hydroxylation sites is 1. The lowest BCUT2D eigenvalue weighted by atomic mass is 10.1. The minimum atomic E-state index is -0.357. The summed E-state index contributed by atoms with van der Waals surface area (Å²) < 4.78 is 51.5. The number of benzene rings is 4. The zero-order valence-corrected chi connectivity index (χ0v) is 33.4. The van der Waals surface area contributed by atoms with E-state index in [4.69, 9.17) is 42.4 Å². The average Bonchev–Trinajstić information content (AvgIpc) is 3.75. The van der Waals surface area contributed by atoms with E-state index in [-0.39, 0.29) is 12.1 Å². The van der Waals surface area contributed by atoms with Gasteiger partial charge in [-0.15, -0.1) is 0 Å². The Morgan fingerprint density at radius 3 is 1.77 bits per heavy atom. The molecule has 302 valence electrons. The molecular weight excluding hydrogens is 730 g/mol. The Balaban J connectivity index is 0.916. The highest BCUT2D eigenvalue weighted by molar-refractivity contribution is 6.01. The Morgan fingerprint density at radius 2 is 1.14 bits per heavy atom. The van der Waals surface area contributed by atoms with Gasteiger partial charge >= 0.3 is 0 Å². The lowest BCUT2D eigenvalue weighted by Gasteiger charge is -2.28. The molecule has 13 nitrogen and oxygen atoms in total. The van der Waals surface area contributed by atoms with Gasteiger partial charge in [-0.1, -0.05) is 55.5 Å². The Hall–Kier alpha value is -6.24. The maximum atomic E-state index is 12.6. The van der Waals surface area contributed by atoms with Crippen LogP contribution in [0.2, 0.25) is 0 Å². The number of hydrogen-bond donors (Lipinski definition) is 2. The van der Waals surface area contributed by atoms with Gasteiger partial charge in [-0.2, -0.15) is 0 Å². The summed E-state index contributed by atoms with van der Waals surface area (Å²) in [5.74, 6) is 4.87. The van der Waals surface area contributed by atoms with E-state index in [9.17, 15) is 4.79 Å². The van der Waals surface area contributed by atoms with Gasteiger partial charge in [0.05, 0.1) is 61.4 Å². The first-order valence-electron chi connectivity index (χ1n) is 19.0. The number of anilines is 1. The van der Waals surface area contributed by atoms with Crippen molar-refractivity contribution in [2.75, 3.05) is 61.2 Å².